The Morgan fingerprint density at radius 1 is 1.30 bits per heavy atom. The van der Waals surface area contributed by atoms with E-state index in [-0.39, 0.29) is 31.7 Å². The van der Waals surface area contributed by atoms with E-state index >= 15 is 0 Å². The number of nitro groups is 1. The number of carboxylic acid groups (broad SMARTS) is 1. The molecule has 0 aliphatic carbocycles. The number of carbonyl (C=O) groups is 2. The van der Waals surface area contributed by atoms with Crippen LogP contribution in [0, 0.1) is 10.1 Å². The van der Waals surface area contributed by atoms with Gasteiger partial charge in [-0.25, -0.2) is 9.59 Å². The number of likely N-dealkylation sites (tertiary alicyclic amines) is 1. The molecule has 2 atom stereocenters. The molecule has 11 nitrogen and oxygen atoms in total. The molecule has 1 fully saturated rings. The molecule has 0 aromatic heterocycles. The number of rotatable bonds is 6. The van der Waals surface area contributed by atoms with E-state index in [1.807, 2.05) is 0 Å². The van der Waals surface area contributed by atoms with Crippen molar-refractivity contribution in [1.29, 1.82) is 0 Å². The Balaban J connectivity index is 1.98. The first-order chi connectivity index (χ1) is 12.6. The molecule has 1 saturated heterocycles. The summed E-state index contributed by atoms with van der Waals surface area (Å²) < 4.78 is 32.3. The van der Waals surface area contributed by atoms with Crippen molar-refractivity contribution in [1.82, 2.24) is 4.90 Å². The van der Waals surface area contributed by atoms with Crippen LogP contribution in [0.4, 0.5) is 10.5 Å². The lowest BCUT2D eigenvalue weighted by atomic mass is 10.0. The van der Waals surface area contributed by atoms with Crippen LogP contribution in [0.25, 0.3) is 0 Å². The number of piperidine rings is 1. The number of hydrogen-bond donors (Lipinski definition) is 1. The van der Waals surface area contributed by atoms with E-state index in [1.54, 1.807) is 0 Å². The van der Waals surface area contributed by atoms with Gasteiger partial charge in [0.2, 0.25) is 0 Å². The summed E-state index contributed by atoms with van der Waals surface area (Å²) in [6.07, 6.45) is -1.17. The molecule has 1 N–H and O–H groups in total. The van der Waals surface area contributed by atoms with Gasteiger partial charge in [0, 0.05) is 12.1 Å². The van der Waals surface area contributed by atoms with Crippen molar-refractivity contribution in [3.8, 4) is 0 Å². The van der Waals surface area contributed by atoms with Gasteiger partial charge in [-0.15, -0.1) is 0 Å². The maximum absolute atomic E-state index is 12.3. The minimum atomic E-state index is -3.75. The topological polar surface area (TPSA) is 153 Å². The van der Waals surface area contributed by atoms with Gasteiger partial charge in [0.15, 0.2) is 0 Å². The van der Waals surface area contributed by atoms with Crippen LogP contribution in [0.5, 0.6) is 0 Å². The first-order valence-corrected chi connectivity index (χ1v) is 9.66. The summed E-state index contributed by atoms with van der Waals surface area (Å²) >= 11 is 0. The van der Waals surface area contributed by atoms with Crippen molar-refractivity contribution < 1.29 is 37.0 Å². The standard InChI is InChI=1S/C15H18N2O9S/c1-27(23,24)26-12-6-7-13(16(8-12)15(19)20)14(18)25-9-10-2-4-11(5-3-10)17(21)22/h2-5,12-13H,6-9H2,1H3,(H,19,20). The number of non-ortho nitro benzene ring substituents is 1. The molecule has 27 heavy (non-hydrogen) atoms. The third-order valence-electron chi connectivity index (χ3n) is 3.90. The summed E-state index contributed by atoms with van der Waals surface area (Å²) in [5.41, 5.74) is 0.399. The maximum Gasteiger partial charge on any atom is 0.408 e. The van der Waals surface area contributed by atoms with Gasteiger partial charge in [0.05, 0.1) is 23.8 Å². The molecular weight excluding hydrogens is 384 g/mol. The highest BCUT2D eigenvalue weighted by molar-refractivity contribution is 7.86. The van der Waals surface area contributed by atoms with Crippen LogP contribution in [0.2, 0.25) is 0 Å². The van der Waals surface area contributed by atoms with Gasteiger partial charge in [-0.1, -0.05) is 0 Å². The molecule has 0 saturated carbocycles. The van der Waals surface area contributed by atoms with E-state index in [1.165, 1.54) is 24.3 Å². The minimum absolute atomic E-state index is 0.0472. The quantitative estimate of drug-likeness (QED) is 0.319. The Bertz CT molecular complexity index is 822. The number of esters is 1. The Kier molecular flexibility index (Phi) is 6.33. The fourth-order valence-corrected chi connectivity index (χ4v) is 3.34. The number of nitro benzene ring substituents is 1. The Hall–Kier alpha value is -2.73. The van der Waals surface area contributed by atoms with Crippen LogP contribution in [0.3, 0.4) is 0 Å². The van der Waals surface area contributed by atoms with Gasteiger partial charge in [0.1, 0.15) is 12.6 Å². The Labute approximate surface area is 154 Å². The van der Waals surface area contributed by atoms with Crippen molar-refractivity contribution in [3.63, 3.8) is 0 Å². The number of hydrogen-bond acceptors (Lipinski definition) is 8. The largest absolute Gasteiger partial charge is 0.465 e. The van der Waals surface area contributed by atoms with Gasteiger partial charge in [-0.05, 0) is 30.5 Å². The Morgan fingerprint density at radius 3 is 2.44 bits per heavy atom. The fourth-order valence-electron chi connectivity index (χ4n) is 2.68. The normalized spacial score (nSPS) is 20.1. The molecule has 1 amide bonds. The second-order valence-electron chi connectivity index (χ2n) is 5.98. The van der Waals surface area contributed by atoms with Gasteiger partial charge in [0.25, 0.3) is 15.8 Å². The van der Waals surface area contributed by atoms with E-state index in [0.29, 0.717) is 5.56 Å². The SMILES string of the molecule is CS(=O)(=O)OC1CCC(C(=O)OCc2ccc([N+](=O)[O-])cc2)N(C(=O)O)C1. The van der Waals surface area contributed by atoms with Crippen LogP contribution in [-0.2, 0) is 30.4 Å². The highest BCUT2D eigenvalue weighted by Gasteiger charge is 2.38. The number of carbonyl (C=O) groups excluding carboxylic acids is 1. The lowest BCUT2D eigenvalue weighted by Crippen LogP contribution is -2.53. The smallest absolute Gasteiger partial charge is 0.408 e. The average Bonchev–Trinajstić information content (AvgIpc) is 2.58. The highest BCUT2D eigenvalue weighted by Crippen LogP contribution is 2.22. The van der Waals surface area contributed by atoms with Crippen LogP contribution in [0.1, 0.15) is 18.4 Å². The number of ether oxygens (including phenoxy) is 1. The molecule has 148 valence electrons. The summed E-state index contributed by atoms with van der Waals surface area (Å²) in [5.74, 6) is -0.784. The molecular formula is C15H18N2O9S. The van der Waals surface area contributed by atoms with Crippen molar-refractivity contribution >= 4 is 27.9 Å². The fraction of sp³-hybridized carbons (Fsp3) is 0.467. The third-order valence-corrected chi connectivity index (χ3v) is 4.52. The van der Waals surface area contributed by atoms with Crippen molar-refractivity contribution in [2.75, 3.05) is 12.8 Å². The zero-order valence-corrected chi connectivity index (χ0v) is 15.1. The first kappa shape index (κ1) is 20.6. The molecule has 12 heteroatoms. The number of amides is 1. The summed E-state index contributed by atoms with van der Waals surface area (Å²) in [5, 5.41) is 19.9. The second kappa shape index (κ2) is 8.31. The summed E-state index contributed by atoms with van der Waals surface area (Å²) in [4.78, 5) is 34.5. The summed E-state index contributed by atoms with van der Waals surface area (Å²) in [7, 11) is -3.75. The molecule has 0 bridgehead atoms. The van der Waals surface area contributed by atoms with E-state index < -0.39 is 39.2 Å². The zero-order valence-electron chi connectivity index (χ0n) is 14.3. The first-order valence-electron chi connectivity index (χ1n) is 7.84. The molecule has 2 rings (SSSR count). The van der Waals surface area contributed by atoms with E-state index in [0.717, 1.165) is 11.2 Å². The molecule has 2 unspecified atom stereocenters. The molecule has 0 radical (unpaired) electrons. The van der Waals surface area contributed by atoms with Gasteiger partial charge < -0.3 is 9.84 Å². The minimum Gasteiger partial charge on any atom is -0.465 e. The summed E-state index contributed by atoms with van der Waals surface area (Å²) in [6, 6.07) is 4.30. The lowest BCUT2D eigenvalue weighted by molar-refractivity contribution is -0.384. The van der Waals surface area contributed by atoms with E-state index in [4.69, 9.17) is 8.92 Å². The predicted molar refractivity (Wildman–Crippen MR) is 90.4 cm³/mol. The predicted octanol–water partition coefficient (Wildman–Crippen LogP) is 1.13. The molecule has 1 aromatic carbocycles. The maximum atomic E-state index is 12.3. The second-order valence-corrected chi connectivity index (χ2v) is 7.58. The zero-order chi connectivity index (χ0) is 20.2. The van der Waals surface area contributed by atoms with Gasteiger partial charge >= 0.3 is 12.1 Å². The van der Waals surface area contributed by atoms with Crippen molar-refractivity contribution in [2.45, 2.75) is 31.6 Å². The van der Waals surface area contributed by atoms with Gasteiger partial charge in [-0.3, -0.25) is 19.2 Å². The molecule has 1 aliphatic heterocycles. The van der Waals surface area contributed by atoms with E-state index in [2.05, 4.69) is 0 Å². The van der Waals surface area contributed by atoms with E-state index in [9.17, 15) is 33.2 Å². The van der Waals surface area contributed by atoms with Crippen LogP contribution < -0.4 is 0 Å². The van der Waals surface area contributed by atoms with Crippen LogP contribution in [0.15, 0.2) is 24.3 Å². The lowest BCUT2D eigenvalue weighted by Gasteiger charge is -2.35. The number of benzene rings is 1. The summed E-state index contributed by atoms with van der Waals surface area (Å²) in [6.45, 7) is -0.455. The highest BCUT2D eigenvalue weighted by atomic mass is 32.2. The van der Waals surface area contributed by atoms with Crippen LogP contribution >= 0.6 is 0 Å². The van der Waals surface area contributed by atoms with Crippen molar-refractivity contribution in [3.05, 3.63) is 39.9 Å². The molecule has 1 aromatic rings. The monoisotopic (exact) mass is 402 g/mol. The van der Waals surface area contributed by atoms with Gasteiger partial charge in [-0.2, -0.15) is 8.42 Å². The molecule has 0 spiro atoms. The average molecular weight is 402 g/mol. The molecule has 1 aliphatic rings. The third kappa shape index (κ3) is 5.89. The Morgan fingerprint density at radius 2 is 1.93 bits per heavy atom. The number of nitrogens with zero attached hydrogens (tertiary/aromatic N) is 2. The molecule has 1 heterocycles. The van der Waals surface area contributed by atoms with Crippen molar-refractivity contribution in [2.24, 2.45) is 0 Å². The van der Waals surface area contributed by atoms with Crippen LogP contribution in [-0.4, -0.2) is 60.4 Å².